The van der Waals surface area contributed by atoms with Gasteiger partial charge in [-0.05, 0) is 13.8 Å². The molecule has 5 atom stereocenters. The lowest BCUT2D eigenvalue weighted by atomic mass is 9.93. The molecule has 1 heterocycles. The van der Waals surface area contributed by atoms with Crippen molar-refractivity contribution >= 4 is 0 Å². The predicted molar refractivity (Wildman–Crippen MR) is 42.0 cm³/mol. The smallest absolute Gasteiger partial charge is 0.0965 e. The molecule has 1 aliphatic heterocycles. The van der Waals surface area contributed by atoms with Gasteiger partial charge in [0.15, 0.2) is 0 Å². The molecule has 0 aromatic rings. The van der Waals surface area contributed by atoms with Crippen molar-refractivity contribution in [1.29, 1.82) is 0 Å². The lowest BCUT2D eigenvalue weighted by molar-refractivity contribution is -0.120. The van der Waals surface area contributed by atoms with Crippen molar-refractivity contribution in [3.63, 3.8) is 0 Å². The topological polar surface area (TPSA) is 81.5 Å². The van der Waals surface area contributed by atoms with Gasteiger partial charge in [-0.1, -0.05) is 0 Å². The summed E-state index contributed by atoms with van der Waals surface area (Å²) in [6, 6.07) is -0.630. The molecule has 0 saturated carbocycles. The van der Waals surface area contributed by atoms with Crippen LogP contribution in [0.15, 0.2) is 0 Å². The Labute approximate surface area is 66.5 Å². The first-order valence-corrected chi connectivity index (χ1v) is 3.88. The molecular weight excluding hydrogens is 144 g/mol. The number of nitrogens with two attached hydrogens (primary N) is 2. The molecule has 5 unspecified atom stereocenters. The van der Waals surface area contributed by atoms with E-state index in [0.717, 1.165) is 0 Å². The van der Waals surface area contributed by atoms with Crippen LogP contribution in [0.4, 0.5) is 0 Å². The van der Waals surface area contributed by atoms with Gasteiger partial charge in [-0.3, -0.25) is 0 Å². The van der Waals surface area contributed by atoms with Crippen LogP contribution in [0.25, 0.3) is 0 Å². The molecule has 4 heteroatoms. The molecule has 66 valence electrons. The molecule has 0 spiro atoms. The minimum absolute atomic E-state index is 0.0663. The van der Waals surface area contributed by atoms with Gasteiger partial charge in [0.05, 0.1) is 24.4 Å². The summed E-state index contributed by atoms with van der Waals surface area (Å²) in [5, 5.41) is 9.40. The highest BCUT2D eigenvalue weighted by Gasteiger charge is 2.36. The highest BCUT2D eigenvalue weighted by Crippen LogP contribution is 2.17. The second kappa shape index (κ2) is 3.06. The summed E-state index contributed by atoms with van der Waals surface area (Å²) >= 11 is 0. The van der Waals surface area contributed by atoms with E-state index in [2.05, 4.69) is 0 Å². The summed E-state index contributed by atoms with van der Waals surface area (Å²) in [6.07, 6.45) is -0.913. The number of aliphatic hydroxyl groups excluding tert-OH is 1. The van der Waals surface area contributed by atoms with E-state index in [1.807, 2.05) is 6.92 Å². The van der Waals surface area contributed by atoms with Crippen LogP contribution in [0.1, 0.15) is 13.8 Å². The van der Waals surface area contributed by atoms with E-state index in [0.29, 0.717) is 0 Å². The molecule has 1 rings (SSSR count). The zero-order valence-electron chi connectivity index (χ0n) is 6.90. The third-order valence-electron chi connectivity index (χ3n) is 2.29. The monoisotopic (exact) mass is 160 g/mol. The molecule has 1 aliphatic rings. The third kappa shape index (κ3) is 1.54. The molecule has 0 bridgehead atoms. The molecule has 0 aromatic heterocycles. The molecule has 4 nitrogen and oxygen atoms in total. The van der Waals surface area contributed by atoms with E-state index < -0.39 is 6.10 Å². The van der Waals surface area contributed by atoms with Crippen molar-refractivity contribution in [2.75, 3.05) is 0 Å². The molecule has 5 N–H and O–H groups in total. The van der Waals surface area contributed by atoms with Crippen molar-refractivity contribution in [2.24, 2.45) is 11.5 Å². The number of ether oxygens (including phenoxy) is 1. The Bertz CT molecular complexity index is 128. The zero-order chi connectivity index (χ0) is 8.59. The van der Waals surface area contributed by atoms with Crippen LogP contribution in [0.5, 0.6) is 0 Å². The summed E-state index contributed by atoms with van der Waals surface area (Å²) in [5.41, 5.74) is 11.3. The van der Waals surface area contributed by atoms with Crippen LogP contribution in [0.3, 0.4) is 0 Å². The average Bonchev–Trinajstić information content (AvgIpc) is 1.97. The first-order chi connectivity index (χ1) is 5.04. The van der Waals surface area contributed by atoms with Crippen LogP contribution in [0.2, 0.25) is 0 Å². The number of hydrogen-bond donors (Lipinski definition) is 3. The quantitative estimate of drug-likeness (QED) is 0.416. The molecule has 11 heavy (non-hydrogen) atoms. The van der Waals surface area contributed by atoms with Crippen molar-refractivity contribution in [3.05, 3.63) is 0 Å². The highest BCUT2D eigenvalue weighted by atomic mass is 16.5. The van der Waals surface area contributed by atoms with E-state index in [1.54, 1.807) is 6.92 Å². The Balaban J connectivity index is 2.63. The van der Waals surface area contributed by atoms with Crippen molar-refractivity contribution in [3.8, 4) is 0 Å². The fourth-order valence-corrected chi connectivity index (χ4v) is 1.36. The van der Waals surface area contributed by atoms with Gasteiger partial charge in [0.25, 0.3) is 0 Å². The van der Waals surface area contributed by atoms with Gasteiger partial charge in [0, 0.05) is 6.04 Å². The third-order valence-corrected chi connectivity index (χ3v) is 2.29. The Morgan fingerprint density at radius 1 is 1.09 bits per heavy atom. The molecular formula is C7H16N2O2. The van der Waals surface area contributed by atoms with Gasteiger partial charge in [-0.15, -0.1) is 0 Å². The standard InChI is InChI=1S/C7H16N2O2/c1-3-5(8)6(9)7(10)4(2)11-3/h3-7,10H,8-9H2,1-2H3. The average molecular weight is 160 g/mol. The Hall–Kier alpha value is -0.160. The van der Waals surface area contributed by atoms with Crippen LogP contribution >= 0.6 is 0 Å². The van der Waals surface area contributed by atoms with Crippen molar-refractivity contribution in [2.45, 2.75) is 44.2 Å². The first kappa shape index (κ1) is 8.93. The Morgan fingerprint density at radius 3 is 2.18 bits per heavy atom. The van der Waals surface area contributed by atoms with Gasteiger partial charge < -0.3 is 21.3 Å². The molecule has 0 amide bonds. The fourth-order valence-electron chi connectivity index (χ4n) is 1.36. The number of hydrogen-bond acceptors (Lipinski definition) is 4. The maximum absolute atomic E-state index is 9.40. The van der Waals surface area contributed by atoms with Crippen LogP contribution in [-0.2, 0) is 4.74 Å². The maximum Gasteiger partial charge on any atom is 0.0965 e. The largest absolute Gasteiger partial charge is 0.389 e. The SMILES string of the molecule is CC1OC(C)C(O)C(N)C1N. The maximum atomic E-state index is 9.40. The normalized spacial score (nSPS) is 52.6. The van der Waals surface area contributed by atoms with Gasteiger partial charge in [0.1, 0.15) is 0 Å². The lowest BCUT2D eigenvalue weighted by Crippen LogP contribution is -2.63. The van der Waals surface area contributed by atoms with Crippen LogP contribution in [0, 0.1) is 0 Å². The molecule has 1 saturated heterocycles. The summed E-state index contributed by atoms with van der Waals surface area (Å²) in [5.74, 6) is 0. The van der Waals surface area contributed by atoms with E-state index >= 15 is 0 Å². The Morgan fingerprint density at radius 2 is 1.64 bits per heavy atom. The summed E-state index contributed by atoms with van der Waals surface area (Å²) < 4.78 is 5.33. The minimum atomic E-state index is -0.638. The number of aliphatic hydroxyl groups is 1. The molecule has 0 aromatic carbocycles. The lowest BCUT2D eigenvalue weighted by Gasteiger charge is -2.39. The first-order valence-electron chi connectivity index (χ1n) is 3.88. The van der Waals surface area contributed by atoms with Gasteiger partial charge >= 0.3 is 0 Å². The highest BCUT2D eigenvalue weighted by molar-refractivity contribution is 4.94. The fraction of sp³-hybridized carbons (Fsp3) is 1.00. The summed E-state index contributed by atoms with van der Waals surface area (Å²) in [6.45, 7) is 3.67. The van der Waals surface area contributed by atoms with E-state index in [4.69, 9.17) is 16.2 Å². The van der Waals surface area contributed by atoms with Gasteiger partial charge in [0.2, 0.25) is 0 Å². The zero-order valence-corrected chi connectivity index (χ0v) is 6.90. The molecule has 1 fully saturated rings. The summed E-state index contributed by atoms with van der Waals surface area (Å²) in [7, 11) is 0. The van der Waals surface area contributed by atoms with E-state index in [1.165, 1.54) is 0 Å². The molecule has 0 radical (unpaired) electrons. The second-order valence-corrected chi connectivity index (χ2v) is 3.19. The minimum Gasteiger partial charge on any atom is -0.389 e. The Kier molecular flexibility index (Phi) is 2.49. The van der Waals surface area contributed by atoms with Crippen LogP contribution < -0.4 is 11.5 Å². The van der Waals surface area contributed by atoms with Gasteiger partial charge in [-0.25, -0.2) is 0 Å². The van der Waals surface area contributed by atoms with Crippen LogP contribution in [-0.4, -0.2) is 35.5 Å². The van der Waals surface area contributed by atoms with Crippen molar-refractivity contribution < 1.29 is 9.84 Å². The van der Waals surface area contributed by atoms with E-state index in [9.17, 15) is 5.11 Å². The van der Waals surface area contributed by atoms with E-state index in [-0.39, 0.29) is 24.3 Å². The predicted octanol–water partition coefficient (Wildman–Crippen LogP) is -1.19. The number of rotatable bonds is 0. The van der Waals surface area contributed by atoms with Gasteiger partial charge in [-0.2, -0.15) is 0 Å². The van der Waals surface area contributed by atoms with Crippen molar-refractivity contribution in [1.82, 2.24) is 0 Å². The summed E-state index contributed by atoms with van der Waals surface area (Å²) in [4.78, 5) is 0. The molecule has 0 aliphatic carbocycles. The second-order valence-electron chi connectivity index (χ2n) is 3.19.